The zero-order valence-corrected chi connectivity index (χ0v) is 14.9. The molecule has 24 heavy (non-hydrogen) atoms. The summed E-state index contributed by atoms with van der Waals surface area (Å²) in [5.74, 6) is 1.52. The number of hydrogen-bond acceptors (Lipinski definition) is 4. The van der Waals surface area contributed by atoms with Gasteiger partial charge >= 0.3 is 0 Å². The van der Waals surface area contributed by atoms with E-state index in [9.17, 15) is 4.79 Å². The summed E-state index contributed by atoms with van der Waals surface area (Å²) < 4.78 is 10.6. The predicted molar refractivity (Wildman–Crippen MR) is 95.6 cm³/mol. The first kappa shape index (κ1) is 16.7. The minimum Gasteiger partial charge on any atom is -0.454 e. The van der Waals surface area contributed by atoms with Crippen LogP contribution in [0.25, 0.3) is 0 Å². The molecule has 1 N–H and O–H groups in total. The van der Waals surface area contributed by atoms with E-state index in [1.807, 2.05) is 25.1 Å². The van der Waals surface area contributed by atoms with Crippen LogP contribution in [0.15, 0.2) is 41.3 Å². The molecule has 5 heteroatoms. The van der Waals surface area contributed by atoms with Crippen LogP contribution in [0.2, 0.25) is 0 Å². The number of rotatable bonds is 5. The van der Waals surface area contributed by atoms with Gasteiger partial charge in [0.25, 0.3) is 0 Å². The Hall–Kier alpha value is -2.14. The van der Waals surface area contributed by atoms with Crippen molar-refractivity contribution in [2.45, 2.75) is 37.5 Å². The fourth-order valence-electron chi connectivity index (χ4n) is 2.46. The molecule has 0 saturated heterocycles. The highest BCUT2D eigenvalue weighted by molar-refractivity contribution is 8.00. The second kappa shape index (κ2) is 7.18. The van der Waals surface area contributed by atoms with Crippen LogP contribution in [0.5, 0.6) is 11.5 Å². The third kappa shape index (κ3) is 3.85. The fourth-order valence-corrected chi connectivity index (χ4v) is 3.54. The summed E-state index contributed by atoms with van der Waals surface area (Å²) in [4.78, 5) is 13.5. The normalized spacial score (nSPS) is 13.6. The summed E-state index contributed by atoms with van der Waals surface area (Å²) in [6.45, 7) is 6.80. The average Bonchev–Trinajstić information content (AvgIpc) is 3.03. The van der Waals surface area contributed by atoms with Crippen molar-refractivity contribution in [1.82, 2.24) is 5.32 Å². The molecule has 1 atom stereocenters. The molecule has 4 nitrogen and oxygen atoms in total. The maximum absolute atomic E-state index is 12.4. The van der Waals surface area contributed by atoms with Crippen molar-refractivity contribution in [2.75, 3.05) is 6.79 Å². The average molecular weight is 343 g/mol. The van der Waals surface area contributed by atoms with Crippen LogP contribution in [0.4, 0.5) is 0 Å². The Labute approximate surface area is 146 Å². The number of amides is 1. The number of ether oxygens (including phenoxy) is 2. The monoisotopic (exact) mass is 343 g/mol. The fraction of sp³-hybridized carbons (Fsp3) is 0.316. The van der Waals surface area contributed by atoms with Gasteiger partial charge in [0.15, 0.2) is 11.5 Å². The van der Waals surface area contributed by atoms with Crippen LogP contribution in [0, 0.1) is 13.8 Å². The second-order valence-electron chi connectivity index (χ2n) is 5.93. The van der Waals surface area contributed by atoms with Gasteiger partial charge in [0.2, 0.25) is 12.7 Å². The lowest BCUT2D eigenvalue weighted by Crippen LogP contribution is -2.30. The molecule has 2 aromatic rings. The van der Waals surface area contributed by atoms with Crippen molar-refractivity contribution in [3.63, 3.8) is 0 Å². The second-order valence-corrected chi connectivity index (χ2v) is 7.32. The molecule has 2 aromatic carbocycles. The van der Waals surface area contributed by atoms with Gasteiger partial charge in [-0.25, -0.2) is 0 Å². The van der Waals surface area contributed by atoms with Gasteiger partial charge in [-0.05, 0) is 50.1 Å². The van der Waals surface area contributed by atoms with Crippen LogP contribution in [0.3, 0.4) is 0 Å². The molecule has 0 fully saturated rings. The van der Waals surface area contributed by atoms with Gasteiger partial charge < -0.3 is 14.8 Å². The van der Waals surface area contributed by atoms with Crippen LogP contribution in [-0.4, -0.2) is 18.0 Å². The summed E-state index contributed by atoms with van der Waals surface area (Å²) in [7, 11) is 0. The van der Waals surface area contributed by atoms with Crippen molar-refractivity contribution in [3.05, 3.63) is 53.1 Å². The number of nitrogens with one attached hydrogen (secondary N) is 1. The lowest BCUT2D eigenvalue weighted by Gasteiger charge is -2.14. The van der Waals surface area contributed by atoms with Gasteiger partial charge in [-0.2, -0.15) is 0 Å². The highest BCUT2D eigenvalue weighted by Crippen LogP contribution is 2.32. The number of fused-ring (bicyclic) bond motifs is 1. The summed E-state index contributed by atoms with van der Waals surface area (Å²) >= 11 is 1.59. The van der Waals surface area contributed by atoms with E-state index in [0.717, 1.165) is 22.0 Å². The molecule has 0 saturated carbocycles. The van der Waals surface area contributed by atoms with Crippen molar-refractivity contribution in [1.29, 1.82) is 0 Å². The predicted octanol–water partition coefficient (Wildman–Crippen LogP) is 3.83. The third-order valence-corrected chi connectivity index (χ3v) is 5.18. The summed E-state index contributed by atoms with van der Waals surface area (Å²) in [5.41, 5.74) is 3.40. The highest BCUT2D eigenvalue weighted by atomic mass is 32.2. The van der Waals surface area contributed by atoms with Crippen molar-refractivity contribution in [2.24, 2.45) is 0 Å². The van der Waals surface area contributed by atoms with E-state index in [0.29, 0.717) is 6.54 Å². The Kier molecular flexibility index (Phi) is 5.00. The summed E-state index contributed by atoms with van der Waals surface area (Å²) in [6, 6.07) is 12.0. The van der Waals surface area contributed by atoms with Gasteiger partial charge in [-0.1, -0.05) is 23.8 Å². The van der Waals surface area contributed by atoms with Crippen LogP contribution in [-0.2, 0) is 11.3 Å². The summed E-state index contributed by atoms with van der Waals surface area (Å²) in [5, 5.41) is 2.83. The number of benzene rings is 2. The number of carbonyl (C=O) groups excluding carboxylic acids is 1. The number of thioether (sulfide) groups is 1. The van der Waals surface area contributed by atoms with E-state index in [2.05, 4.69) is 37.4 Å². The molecule has 1 amide bonds. The summed E-state index contributed by atoms with van der Waals surface area (Å²) in [6.07, 6.45) is 0. The molecular weight excluding hydrogens is 322 g/mol. The van der Waals surface area contributed by atoms with Crippen molar-refractivity contribution in [3.8, 4) is 11.5 Å². The van der Waals surface area contributed by atoms with Crippen LogP contribution >= 0.6 is 11.8 Å². The largest absolute Gasteiger partial charge is 0.454 e. The quantitative estimate of drug-likeness (QED) is 0.838. The van der Waals surface area contributed by atoms with E-state index < -0.39 is 0 Å². The first-order chi connectivity index (χ1) is 11.5. The Morgan fingerprint density at radius 2 is 1.96 bits per heavy atom. The van der Waals surface area contributed by atoms with Gasteiger partial charge in [-0.15, -0.1) is 11.8 Å². The molecule has 1 aliphatic rings. The zero-order chi connectivity index (χ0) is 17.1. The van der Waals surface area contributed by atoms with Crippen LogP contribution in [0.1, 0.15) is 23.6 Å². The van der Waals surface area contributed by atoms with E-state index in [1.54, 1.807) is 11.8 Å². The van der Waals surface area contributed by atoms with E-state index in [1.165, 1.54) is 11.1 Å². The Morgan fingerprint density at radius 1 is 1.17 bits per heavy atom. The van der Waals surface area contributed by atoms with Crippen LogP contribution < -0.4 is 14.8 Å². The molecule has 1 heterocycles. The molecule has 0 aromatic heterocycles. The van der Waals surface area contributed by atoms with E-state index in [4.69, 9.17) is 9.47 Å². The molecular formula is C19H21NO3S. The molecule has 0 aliphatic carbocycles. The lowest BCUT2D eigenvalue weighted by atomic mass is 10.2. The van der Waals surface area contributed by atoms with Gasteiger partial charge in [0, 0.05) is 11.4 Å². The number of aryl methyl sites for hydroxylation is 2. The van der Waals surface area contributed by atoms with E-state index in [-0.39, 0.29) is 18.0 Å². The van der Waals surface area contributed by atoms with Gasteiger partial charge in [0.1, 0.15) is 0 Å². The minimum atomic E-state index is -0.153. The van der Waals surface area contributed by atoms with Crippen molar-refractivity contribution < 1.29 is 14.3 Å². The third-order valence-electron chi connectivity index (χ3n) is 3.92. The smallest absolute Gasteiger partial charge is 0.233 e. The molecule has 1 aliphatic heterocycles. The first-order valence-corrected chi connectivity index (χ1v) is 8.81. The standard InChI is InChI=1S/C19H21NO3S/c1-12-4-5-13(2)18(8-12)24-14(3)19(21)20-10-15-6-7-16-17(9-15)23-11-22-16/h4-9,14H,10-11H2,1-3H3,(H,20,21). The molecule has 3 rings (SSSR count). The molecule has 1 unspecified atom stereocenters. The van der Waals surface area contributed by atoms with Gasteiger partial charge in [0.05, 0.1) is 5.25 Å². The van der Waals surface area contributed by atoms with E-state index >= 15 is 0 Å². The zero-order valence-electron chi connectivity index (χ0n) is 14.1. The SMILES string of the molecule is Cc1ccc(C)c(SC(C)C(=O)NCc2ccc3c(c2)OCO3)c1. The number of hydrogen-bond donors (Lipinski definition) is 1. The molecule has 0 bridgehead atoms. The Morgan fingerprint density at radius 3 is 2.79 bits per heavy atom. The molecule has 0 radical (unpaired) electrons. The Balaban J connectivity index is 1.57. The lowest BCUT2D eigenvalue weighted by molar-refractivity contribution is -0.120. The topological polar surface area (TPSA) is 47.6 Å². The maximum Gasteiger partial charge on any atom is 0.233 e. The Bertz CT molecular complexity index is 760. The first-order valence-electron chi connectivity index (χ1n) is 7.93. The van der Waals surface area contributed by atoms with Crippen molar-refractivity contribution >= 4 is 17.7 Å². The number of carbonyl (C=O) groups is 1. The van der Waals surface area contributed by atoms with Gasteiger partial charge in [-0.3, -0.25) is 4.79 Å². The molecule has 126 valence electrons. The molecule has 0 spiro atoms. The minimum absolute atomic E-state index is 0.0265. The highest BCUT2D eigenvalue weighted by Gasteiger charge is 2.17. The maximum atomic E-state index is 12.4.